The molecule has 2 N–H and O–H groups in total. The van der Waals surface area contributed by atoms with E-state index in [1.54, 1.807) is 0 Å². The summed E-state index contributed by atoms with van der Waals surface area (Å²) in [6, 6.07) is 0. The summed E-state index contributed by atoms with van der Waals surface area (Å²) in [5.41, 5.74) is 5.38. The van der Waals surface area contributed by atoms with E-state index in [1.807, 2.05) is 20.8 Å². The van der Waals surface area contributed by atoms with Gasteiger partial charge in [0.05, 0.1) is 5.54 Å². The second kappa shape index (κ2) is 3.65. The van der Waals surface area contributed by atoms with Crippen molar-refractivity contribution in [2.24, 2.45) is 17.1 Å². The molecule has 0 heterocycles. The lowest BCUT2D eigenvalue weighted by molar-refractivity contribution is -0.133. The molecule has 0 saturated heterocycles. The van der Waals surface area contributed by atoms with Gasteiger partial charge in [-0.1, -0.05) is 40.5 Å². The molecule has 0 amide bonds. The van der Waals surface area contributed by atoms with Crippen LogP contribution in [0.5, 0.6) is 0 Å². The van der Waals surface area contributed by atoms with Crippen LogP contribution in [0.25, 0.3) is 0 Å². The van der Waals surface area contributed by atoms with Gasteiger partial charge in [0.1, 0.15) is 0 Å². The zero-order valence-electron chi connectivity index (χ0n) is 9.89. The van der Waals surface area contributed by atoms with Gasteiger partial charge < -0.3 is 5.73 Å². The average Bonchev–Trinajstić information content (AvgIpc) is 2.01. The predicted octanol–water partition coefficient (Wildman–Crippen LogP) is 2.51. The molecule has 0 aliphatic heterocycles. The first-order valence-corrected chi connectivity index (χ1v) is 5.59. The summed E-state index contributed by atoms with van der Waals surface area (Å²) < 4.78 is 0. The van der Waals surface area contributed by atoms with Crippen LogP contribution in [0.4, 0.5) is 0 Å². The maximum Gasteiger partial charge on any atom is 0.157 e. The van der Waals surface area contributed by atoms with E-state index in [2.05, 4.69) is 6.92 Å². The highest BCUT2D eigenvalue weighted by Crippen LogP contribution is 2.35. The maximum atomic E-state index is 12.2. The fraction of sp³-hybridized carbons (Fsp3) is 0.917. The summed E-state index contributed by atoms with van der Waals surface area (Å²) in [5, 5.41) is 0. The molecular formula is C12H23NO. The van der Waals surface area contributed by atoms with Gasteiger partial charge >= 0.3 is 0 Å². The van der Waals surface area contributed by atoms with Crippen molar-refractivity contribution in [3.05, 3.63) is 0 Å². The number of nitrogens with two attached hydrogens (primary N) is 1. The summed E-state index contributed by atoms with van der Waals surface area (Å²) in [5.74, 6) is 0.830. The van der Waals surface area contributed by atoms with Crippen LogP contribution >= 0.6 is 0 Å². The number of Topliss-reactive ketones (excluding diaryl/α,β-unsaturated/α-hetero) is 1. The lowest BCUT2D eigenvalue weighted by Gasteiger charge is -2.39. The summed E-state index contributed by atoms with van der Waals surface area (Å²) in [4.78, 5) is 12.2. The van der Waals surface area contributed by atoms with E-state index in [0.29, 0.717) is 5.92 Å². The minimum absolute atomic E-state index is 0.233. The van der Waals surface area contributed by atoms with Crippen LogP contribution in [-0.4, -0.2) is 11.3 Å². The Morgan fingerprint density at radius 1 is 1.43 bits per heavy atom. The van der Waals surface area contributed by atoms with Gasteiger partial charge in [-0.2, -0.15) is 0 Å². The van der Waals surface area contributed by atoms with E-state index < -0.39 is 5.54 Å². The molecule has 0 bridgehead atoms. The third-order valence-electron chi connectivity index (χ3n) is 3.17. The summed E-state index contributed by atoms with van der Waals surface area (Å²) in [6.45, 7) is 8.08. The lowest BCUT2D eigenvalue weighted by atomic mass is 9.68. The van der Waals surface area contributed by atoms with E-state index in [4.69, 9.17) is 5.73 Å². The van der Waals surface area contributed by atoms with Crippen LogP contribution in [-0.2, 0) is 4.79 Å². The summed E-state index contributed by atoms with van der Waals surface area (Å²) >= 11 is 0. The molecular weight excluding hydrogens is 174 g/mol. The minimum Gasteiger partial charge on any atom is -0.319 e. The molecule has 0 aromatic carbocycles. The van der Waals surface area contributed by atoms with E-state index in [1.165, 1.54) is 6.42 Å². The number of hydrogen-bond acceptors (Lipinski definition) is 2. The smallest absolute Gasteiger partial charge is 0.157 e. The number of hydrogen-bond donors (Lipinski definition) is 1. The number of ketones is 1. The number of rotatable bonds is 1. The molecule has 0 radical (unpaired) electrons. The Balaban J connectivity index is 2.79. The van der Waals surface area contributed by atoms with Crippen LogP contribution in [0, 0.1) is 11.3 Å². The fourth-order valence-electron chi connectivity index (χ4n) is 2.54. The molecule has 14 heavy (non-hydrogen) atoms. The van der Waals surface area contributed by atoms with Crippen molar-refractivity contribution in [2.45, 2.75) is 58.9 Å². The topological polar surface area (TPSA) is 43.1 Å². The highest BCUT2D eigenvalue weighted by Gasteiger charge is 2.42. The molecule has 2 nitrogen and oxygen atoms in total. The second-order valence-corrected chi connectivity index (χ2v) is 5.94. The molecule has 0 aromatic heterocycles. The van der Waals surface area contributed by atoms with Crippen molar-refractivity contribution in [1.29, 1.82) is 0 Å². The molecule has 0 spiro atoms. The van der Waals surface area contributed by atoms with Crippen molar-refractivity contribution in [2.75, 3.05) is 0 Å². The quantitative estimate of drug-likeness (QED) is 0.702. The van der Waals surface area contributed by atoms with Crippen LogP contribution < -0.4 is 5.73 Å². The van der Waals surface area contributed by atoms with E-state index in [0.717, 1.165) is 19.3 Å². The van der Waals surface area contributed by atoms with Gasteiger partial charge in [-0.3, -0.25) is 4.79 Å². The summed E-state index contributed by atoms with van der Waals surface area (Å²) in [7, 11) is 0. The Bertz CT molecular complexity index is 229. The zero-order valence-corrected chi connectivity index (χ0v) is 9.89. The minimum atomic E-state index is -0.546. The van der Waals surface area contributed by atoms with Crippen LogP contribution in [0.3, 0.4) is 0 Å². The first-order chi connectivity index (χ1) is 6.26. The fourth-order valence-corrected chi connectivity index (χ4v) is 2.54. The zero-order chi connectivity index (χ0) is 11.0. The highest BCUT2D eigenvalue weighted by atomic mass is 16.1. The molecule has 1 fully saturated rings. The molecule has 82 valence electrons. The molecule has 1 saturated carbocycles. The van der Waals surface area contributed by atoms with E-state index >= 15 is 0 Å². The van der Waals surface area contributed by atoms with Gasteiger partial charge in [0, 0.05) is 5.41 Å². The normalized spacial score (nSPS) is 34.2. The van der Waals surface area contributed by atoms with Crippen molar-refractivity contribution >= 4 is 5.78 Å². The van der Waals surface area contributed by atoms with Gasteiger partial charge in [-0.15, -0.1) is 0 Å². The molecule has 1 aliphatic rings. The van der Waals surface area contributed by atoms with Crippen LogP contribution in [0.1, 0.15) is 53.4 Å². The van der Waals surface area contributed by atoms with Crippen LogP contribution in [0.2, 0.25) is 0 Å². The Hall–Kier alpha value is -0.370. The molecule has 1 aliphatic carbocycles. The van der Waals surface area contributed by atoms with Gasteiger partial charge in [-0.05, 0) is 18.8 Å². The Morgan fingerprint density at radius 2 is 2.00 bits per heavy atom. The molecule has 2 unspecified atom stereocenters. The molecule has 2 heteroatoms. The first-order valence-electron chi connectivity index (χ1n) is 5.59. The van der Waals surface area contributed by atoms with Gasteiger partial charge in [-0.25, -0.2) is 0 Å². The SMILES string of the molecule is CC1CCCC(N)(C(=O)C(C)(C)C)C1. The van der Waals surface area contributed by atoms with Crippen molar-refractivity contribution in [3.8, 4) is 0 Å². The van der Waals surface area contributed by atoms with E-state index in [9.17, 15) is 4.79 Å². The predicted molar refractivity (Wildman–Crippen MR) is 59.0 cm³/mol. The number of carbonyl (C=O) groups excluding carboxylic acids is 1. The maximum absolute atomic E-state index is 12.2. The molecule has 0 aromatic rings. The molecule has 2 atom stereocenters. The first kappa shape index (κ1) is 11.7. The summed E-state index contributed by atoms with van der Waals surface area (Å²) in [6.07, 6.45) is 4.05. The largest absolute Gasteiger partial charge is 0.319 e. The van der Waals surface area contributed by atoms with E-state index in [-0.39, 0.29) is 11.2 Å². The van der Waals surface area contributed by atoms with Crippen LogP contribution in [0.15, 0.2) is 0 Å². The second-order valence-electron chi connectivity index (χ2n) is 5.94. The third-order valence-corrected chi connectivity index (χ3v) is 3.17. The third kappa shape index (κ3) is 2.35. The lowest BCUT2D eigenvalue weighted by Crippen LogP contribution is -2.55. The van der Waals surface area contributed by atoms with Crippen molar-refractivity contribution < 1.29 is 4.79 Å². The monoisotopic (exact) mass is 197 g/mol. The van der Waals surface area contributed by atoms with Gasteiger partial charge in [0.25, 0.3) is 0 Å². The average molecular weight is 197 g/mol. The number of carbonyl (C=O) groups is 1. The Kier molecular flexibility index (Phi) is 3.05. The standard InChI is InChI=1S/C12H23NO/c1-9-6-5-7-12(13,8-9)10(14)11(2,3)4/h9H,5-8,13H2,1-4H3. The highest BCUT2D eigenvalue weighted by molar-refractivity contribution is 5.92. The Labute approximate surface area is 87.2 Å². The van der Waals surface area contributed by atoms with Gasteiger partial charge in [0.15, 0.2) is 5.78 Å². The molecule has 1 rings (SSSR count). The van der Waals surface area contributed by atoms with Gasteiger partial charge in [0.2, 0.25) is 0 Å². The Morgan fingerprint density at radius 3 is 2.43 bits per heavy atom. The van der Waals surface area contributed by atoms with Crippen molar-refractivity contribution in [3.63, 3.8) is 0 Å². The van der Waals surface area contributed by atoms with Crippen molar-refractivity contribution in [1.82, 2.24) is 0 Å².